The molecule has 0 bridgehead atoms. The Balaban J connectivity index is 1.30. The number of alkyl halides is 2. The lowest BCUT2D eigenvalue weighted by atomic mass is 9.96. The number of imidazole rings is 1. The van der Waals surface area contributed by atoms with Crippen LogP contribution in [-0.4, -0.2) is 55.9 Å². The van der Waals surface area contributed by atoms with Gasteiger partial charge in [0.1, 0.15) is 11.4 Å². The predicted octanol–water partition coefficient (Wildman–Crippen LogP) is 2.93. The quantitative estimate of drug-likeness (QED) is 0.586. The van der Waals surface area contributed by atoms with Gasteiger partial charge in [-0.05, 0) is 37.3 Å². The molecule has 3 N–H and O–H groups in total. The molecule has 5 heterocycles. The van der Waals surface area contributed by atoms with Gasteiger partial charge in [-0.1, -0.05) is 0 Å². The lowest BCUT2D eigenvalue weighted by molar-refractivity contribution is -0.0746. The lowest BCUT2D eigenvalue weighted by Gasteiger charge is -2.35. The molecule has 0 radical (unpaired) electrons. The second-order valence-electron chi connectivity index (χ2n) is 8.94. The van der Waals surface area contributed by atoms with Gasteiger partial charge < -0.3 is 20.2 Å². The Morgan fingerprint density at radius 2 is 2.12 bits per heavy atom. The molecule has 3 aromatic rings. The van der Waals surface area contributed by atoms with Crippen molar-refractivity contribution in [1.29, 1.82) is 0 Å². The molecule has 0 amide bonds. The summed E-state index contributed by atoms with van der Waals surface area (Å²) in [5.74, 6) is 1.39. The van der Waals surface area contributed by atoms with E-state index in [9.17, 15) is 8.78 Å². The minimum Gasteiger partial charge on any atom is -0.431 e. The number of H-pyrrole nitrogens is 1. The number of hydrogen-bond acceptors (Lipinski definition) is 7. The molecule has 2 atom stereocenters. The molecular formula is C22H25F2N7O2. The first-order chi connectivity index (χ1) is 16.0. The Labute approximate surface area is 188 Å². The summed E-state index contributed by atoms with van der Waals surface area (Å²) in [6.07, 6.45) is 8.48. The van der Waals surface area contributed by atoms with Crippen molar-refractivity contribution in [2.45, 2.75) is 44.1 Å². The van der Waals surface area contributed by atoms with E-state index in [4.69, 9.17) is 15.6 Å². The zero-order chi connectivity index (χ0) is 22.6. The first-order valence-electron chi connectivity index (χ1n) is 11.2. The molecule has 6 rings (SSSR count). The number of anilines is 1. The number of halogens is 2. The fourth-order valence-corrected chi connectivity index (χ4v) is 5.20. The highest BCUT2D eigenvalue weighted by molar-refractivity contribution is 5.64. The van der Waals surface area contributed by atoms with Gasteiger partial charge in [-0.25, -0.2) is 9.97 Å². The fourth-order valence-electron chi connectivity index (χ4n) is 5.20. The van der Waals surface area contributed by atoms with Crippen molar-refractivity contribution in [3.05, 3.63) is 42.2 Å². The lowest BCUT2D eigenvalue weighted by Crippen LogP contribution is -2.41. The number of aromatic amines is 1. The Morgan fingerprint density at radius 1 is 1.24 bits per heavy atom. The monoisotopic (exact) mass is 457 g/mol. The Hall–Kier alpha value is -3.05. The van der Waals surface area contributed by atoms with Crippen molar-refractivity contribution < 1.29 is 18.3 Å². The summed E-state index contributed by atoms with van der Waals surface area (Å²) >= 11 is 0. The maximum absolute atomic E-state index is 12.7. The summed E-state index contributed by atoms with van der Waals surface area (Å²) in [5.41, 5.74) is 7.42. The van der Waals surface area contributed by atoms with Crippen molar-refractivity contribution >= 4 is 5.82 Å². The fraction of sp³-hybridized carbons (Fsp3) is 0.500. The van der Waals surface area contributed by atoms with E-state index in [1.807, 2.05) is 23.1 Å². The van der Waals surface area contributed by atoms with Crippen molar-refractivity contribution in [3.8, 4) is 17.0 Å². The number of nitrogen functional groups attached to an aromatic ring is 1. The van der Waals surface area contributed by atoms with Crippen LogP contribution < -0.4 is 10.5 Å². The third-order valence-electron chi connectivity index (χ3n) is 6.84. The van der Waals surface area contributed by atoms with Crippen LogP contribution in [0.4, 0.5) is 14.6 Å². The van der Waals surface area contributed by atoms with Gasteiger partial charge in [-0.3, -0.25) is 9.58 Å². The number of nitrogens with one attached hydrogen (secondary N) is 1. The molecule has 1 saturated carbocycles. The van der Waals surface area contributed by atoms with Crippen LogP contribution in [0.2, 0.25) is 0 Å². The first-order valence-corrected chi connectivity index (χ1v) is 11.2. The van der Waals surface area contributed by atoms with Gasteiger partial charge in [-0.2, -0.15) is 13.9 Å². The molecule has 1 aliphatic carbocycles. The van der Waals surface area contributed by atoms with Gasteiger partial charge >= 0.3 is 6.61 Å². The van der Waals surface area contributed by atoms with Gasteiger partial charge in [0, 0.05) is 37.2 Å². The van der Waals surface area contributed by atoms with Crippen LogP contribution in [0.5, 0.6) is 5.75 Å². The molecule has 2 fully saturated rings. The van der Waals surface area contributed by atoms with E-state index in [0.717, 1.165) is 31.0 Å². The highest BCUT2D eigenvalue weighted by Crippen LogP contribution is 2.48. The first kappa shape index (κ1) is 20.5. The minimum absolute atomic E-state index is 0.0849. The second-order valence-corrected chi connectivity index (χ2v) is 8.94. The molecule has 0 aromatic carbocycles. The largest absolute Gasteiger partial charge is 0.431 e. The molecular weight excluding hydrogens is 432 g/mol. The number of fused-ring (bicyclic) bond motifs is 2. The van der Waals surface area contributed by atoms with Crippen molar-refractivity contribution in [2.75, 3.05) is 25.4 Å². The van der Waals surface area contributed by atoms with Crippen molar-refractivity contribution in [2.24, 2.45) is 5.92 Å². The summed E-state index contributed by atoms with van der Waals surface area (Å²) in [6, 6.07) is 3.69. The van der Waals surface area contributed by atoms with Crippen LogP contribution in [0.25, 0.3) is 11.3 Å². The molecule has 3 aromatic heterocycles. The topological polar surface area (TPSA) is 107 Å². The van der Waals surface area contributed by atoms with E-state index >= 15 is 0 Å². The number of rotatable bonds is 6. The maximum Gasteiger partial charge on any atom is 0.387 e. The van der Waals surface area contributed by atoms with Crippen LogP contribution in [0.3, 0.4) is 0 Å². The van der Waals surface area contributed by atoms with Crippen LogP contribution in [0.1, 0.15) is 36.8 Å². The third kappa shape index (κ3) is 3.65. The maximum atomic E-state index is 12.7. The average Bonchev–Trinajstić information content (AvgIpc) is 3.17. The molecule has 1 unspecified atom stereocenters. The number of nitrogens with zero attached hydrogens (tertiary/aromatic N) is 5. The van der Waals surface area contributed by atoms with Crippen LogP contribution in [-0.2, 0) is 16.9 Å². The van der Waals surface area contributed by atoms with E-state index in [2.05, 4.69) is 24.6 Å². The Morgan fingerprint density at radius 3 is 2.88 bits per heavy atom. The van der Waals surface area contributed by atoms with E-state index in [1.165, 1.54) is 25.1 Å². The molecule has 174 valence electrons. The van der Waals surface area contributed by atoms with E-state index < -0.39 is 12.2 Å². The van der Waals surface area contributed by atoms with Gasteiger partial charge in [0.2, 0.25) is 0 Å². The number of pyridine rings is 1. The van der Waals surface area contributed by atoms with E-state index in [1.54, 1.807) is 0 Å². The molecule has 9 nitrogen and oxygen atoms in total. The summed E-state index contributed by atoms with van der Waals surface area (Å²) in [7, 11) is 0. The molecule has 33 heavy (non-hydrogen) atoms. The van der Waals surface area contributed by atoms with Gasteiger partial charge in [0.05, 0.1) is 30.6 Å². The van der Waals surface area contributed by atoms with Crippen LogP contribution in [0, 0.1) is 5.92 Å². The molecule has 2 aliphatic heterocycles. The summed E-state index contributed by atoms with van der Waals surface area (Å²) in [5, 5.41) is 4.73. The number of hydrogen-bond donors (Lipinski definition) is 2. The van der Waals surface area contributed by atoms with E-state index in [-0.39, 0.29) is 17.6 Å². The highest BCUT2D eigenvalue weighted by atomic mass is 19.3. The smallest absolute Gasteiger partial charge is 0.387 e. The van der Waals surface area contributed by atoms with Crippen LogP contribution in [0.15, 0.2) is 30.7 Å². The minimum atomic E-state index is -2.98. The zero-order valence-corrected chi connectivity index (χ0v) is 18.0. The second kappa shape index (κ2) is 7.77. The molecule has 1 saturated heterocycles. The Bertz CT molecular complexity index is 1150. The number of aromatic nitrogens is 5. The standard InChI is InChI=1S/C22H25F2N7O2/c23-21(24)33-16-9-14(11-28-19(16)25)15-10-17-22(32-8-7-31(17)29-15)3-6-30(12-22)18(13-1-2-13)20-26-4-5-27-20/h4-5,9-11,13,18,21H,1-3,6-8,12H2,(H2,25,28)(H,26,27)/t18?,22-/m1/s1. The molecule has 1 spiro atoms. The zero-order valence-electron chi connectivity index (χ0n) is 18.0. The summed E-state index contributed by atoms with van der Waals surface area (Å²) in [6.45, 7) is -0.132. The molecule has 11 heteroatoms. The van der Waals surface area contributed by atoms with Crippen molar-refractivity contribution in [3.63, 3.8) is 0 Å². The van der Waals surface area contributed by atoms with Crippen LogP contribution >= 0.6 is 0 Å². The Kier molecular flexibility index (Phi) is 4.84. The summed E-state index contributed by atoms with van der Waals surface area (Å²) in [4.78, 5) is 14.3. The highest BCUT2D eigenvalue weighted by Gasteiger charge is 2.50. The number of nitrogens with two attached hydrogens (primary N) is 1. The van der Waals surface area contributed by atoms with Crippen molar-refractivity contribution in [1.82, 2.24) is 29.6 Å². The third-order valence-corrected chi connectivity index (χ3v) is 6.84. The predicted molar refractivity (Wildman–Crippen MR) is 114 cm³/mol. The van der Waals surface area contributed by atoms with Gasteiger partial charge in [-0.15, -0.1) is 0 Å². The SMILES string of the molecule is Nc1ncc(-c2cc3n(n2)CCO[C@@]32CCN(C(c3ncc[nH]3)C3CC3)C2)cc1OC(F)F. The average molecular weight is 457 g/mol. The van der Waals surface area contributed by atoms with E-state index in [0.29, 0.717) is 30.3 Å². The normalized spacial score (nSPS) is 23.8. The van der Waals surface area contributed by atoms with Gasteiger partial charge in [0.25, 0.3) is 0 Å². The summed E-state index contributed by atoms with van der Waals surface area (Å²) < 4.78 is 38.3. The molecule has 3 aliphatic rings. The number of ether oxygens (including phenoxy) is 2. The number of likely N-dealkylation sites (tertiary alicyclic amines) is 1. The van der Waals surface area contributed by atoms with Gasteiger partial charge in [0.15, 0.2) is 11.6 Å².